The van der Waals surface area contributed by atoms with Crippen molar-refractivity contribution in [1.82, 2.24) is 18.7 Å². The second-order valence-electron chi connectivity index (χ2n) is 6.32. The molecule has 1 aromatic carbocycles. The molecule has 0 spiro atoms. The first-order valence-corrected chi connectivity index (χ1v) is 8.34. The molecule has 0 aliphatic carbocycles. The van der Waals surface area contributed by atoms with E-state index in [4.69, 9.17) is 0 Å². The average Bonchev–Trinajstić information content (AvgIpc) is 3.09. The molecule has 3 aromatic rings. The highest BCUT2D eigenvalue weighted by Crippen LogP contribution is 2.18. The summed E-state index contributed by atoms with van der Waals surface area (Å²) < 4.78 is 8.27. The van der Waals surface area contributed by atoms with Gasteiger partial charge in [0.2, 0.25) is 5.91 Å². The molecular formula is C18H19N5O5. The van der Waals surface area contributed by atoms with E-state index >= 15 is 0 Å². The largest absolute Gasteiger partial charge is 0.465 e. The Kier molecular flexibility index (Phi) is 4.87. The first-order chi connectivity index (χ1) is 13.2. The lowest BCUT2D eigenvalue weighted by atomic mass is 10.1. The maximum atomic E-state index is 12.5. The number of ether oxygens (including phenoxy) is 1. The third kappa shape index (κ3) is 3.20. The third-order valence-electron chi connectivity index (χ3n) is 4.46. The molecule has 28 heavy (non-hydrogen) atoms. The van der Waals surface area contributed by atoms with Crippen molar-refractivity contribution in [3.05, 3.63) is 56.5 Å². The highest BCUT2D eigenvalue weighted by Gasteiger charge is 2.17. The van der Waals surface area contributed by atoms with Crippen LogP contribution in [-0.4, -0.2) is 37.7 Å². The number of carbonyl (C=O) groups is 2. The number of aryl methyl sites for hydroxylation is 2. The van der Waals surface area contributed by atoms with E-state index < -0.39 is 23.1 Å². The molecule has 0 fully saturated rings. The summed E-state index contributed by atoms with van der Waals surface area (Å²) in [7, 11) is 4.14. The minimum Gasteiger partial charge on any atom is -0.465 e. The number of amides is 1. The number of nitrogens with one attached hydrogen (secondary N) is 1. The fourth-order valence-electron chi connectivity index (χ4n) is 2.86. The molecule has 1 N–H and O–H groups in total. The van der Waals surface area contributed by atoms with Crippen LogP contribution in [0.15, 0.2) is 34.1 Å². The second kappa shape index (κ2) is 7.14. The van der Waals surface area contributed by atoms with E-state index in [9.17, 15) is 19.2 Å². The van der Waals surface area contributed by atoms with Gasteiger partial charge in [0.25, 0.3) is 5.56 Å². The van der Waals surface area contributed by atoms with Crippen molar-refractivity contribution < 1.29 is 14.3 Å². The molecule has 0 radical (unpaired) electrons. The van der Waals surface area contributed by atoms with Crippen molar-refractivity contribution in [2.24, 2.45) is 14.1 Å². The number of hydrogen-bond donors (Lipinski definition) is 1. The minimum absolute atomic E-state index is 0.153. The number of nitrogens with zero attached hydrogens (tertiary/aromatic N) is 4. The summed E-state index contributed by atoms with van der Waals surface area (Å²) in [5, 5.41) is 2.72. The number of carbonyl (C=O) groups excluding carboxylic acids is 2. The molecular weight excluding hydrogens is 366 g/mol. The SMILES string of the molecule is COC(=O)c1ccc(C)c(NC(=O)Cn2cnc3c2c(=O)n(C)c(=O)n3C)c1. The number of imidazole rings is 1. The summed E-state index contributed by atoms with van der Waals surface area (Å²) in [4.78, 5) is 52.7. The smallest absolute Gasteiger partial charge is 0.337 e. The lowest BCUT2D eigenvalue weighted by Gasteiger charge is -2.11. The molecule has 2 heterocycles. The quantitative estimate of drug-likeness (QED) is 0.640. The maximum absolute atomic E-state index is 12.5. The topological polar surface area (TPSA) is 117 Å². The van der Waals surface area contributed by atoms with Gasteiger partial charge >= 0.3 is 11.7 Å². The molecule has 146 valence electrons. The van der Waals surface area contributed by atoms with Crippen LogP contribution in [0.2, 0.25) is 0 Å². The van der Waals surface area contributed by atoms with E-state index in [2.05, 4.69) is 15.0 Å². The lowest BCUT2D eigenvalue weighted by molar-refractivity contribution is -0.116. The molecule has 0 bridgehead atoms. The van der Waals surface area contributed by atoms with E-state index in [1.807, 2.05) is 0 Å². The van der Waals surface area contributed by atoms with E-state index in [-0.39, 0.29) is 17.7 Å². The zero-order valence-electron chi connectivity index (χ0n) is 15.8. The zero-order chi connectivity index (χ0) is 20.6. The number of aromatic nitrogens is 4. The van der Waals surface area contributed by atoms with Crippen LogP contribution in [0.3, 0.4) is 0 Å². The first-order valence-electron chi connectivity index (χ1n) is 8.34. The van der Waals surface area contributed by atoms with Gasteiger partial charge in [-0.1, -0.05) is 6.07 Å². The highest BCUT2D eigenvalue weighted by atomic mass is 16.5. The second-order valence-corrected chi connectivity index (χ2v) is 6.32. The fraction of sp³-hybridized carbons (Fsp3) is 0.278. The van der Waals surface area contributed by atoms with Gasteiger partial charge in [-0.3, -0.25) is 18.7 Å². The maximum Gasteiger partial charge on any atom is 0.337 e. The summed E-state index contributed by atoms with van der Waals surface area (Å²) in [5.74, 6) is -0.930. The Morgan fingerprint density at radius 3 is 2.57 bits per heavy atom. The predicted molar refractivity (Wildman–Crippen MR) is 101 cm³/mol. The van der Waals surface area contributed by atoms with Crippen LogP contribution in [0.1, 0.15) is 15.9 Å². The van der Waals surface area contributed by atoms with Gasteiger partial charge in [0, 0.05) is 19.8 Å². The number of rotatable bonds is 4. The molecule has 0 aliphatic heterocycles. The summed E-state index contributed by atoms with van der Waals surface area (Å²) in [6, 6.07) is 4.82. The Balaban J connectivity index is 1.92. The number of esters is 1. The van der Waals surface area contributed by atoms with Gasteiger partial charge in [0.1, 0.15) is 6.54 Å². The highest BCUT2D eigenvalue weighted by molar-refractivity contribution is 5.95. The number of anilines is 1. The zero-order valence-corrected chi connectivity index (χ0v) is 15.8. The van der Waals surface area contributed by atoms with Crippen molar-refractivity contribution in [3.63, 3.8) is 0 Å². The van der Waals surface area contributed by atoms with Crippen LogP contribution in [-0.2, 0) is 30.2 Å². The molecule has 3 rings (SSSR count). The third-order valence-corrected chi connectivity index (χ3v) is 4.46. The molecule has 1 amide bonds. The van der Waals surface area contributed by atoms with Crippen LogP contribution in [0.4, 0.5) is 5.69 Å². The van der Waals surface area contributed by atoms with Crippen molar-refractivity contribution in [2.45, 2.75) is 13.5 Å². The van der Waals surface area contributed by atoms with E-state index in [0.717, 1.165) is 10.1 Å². The van der Waals surface area contributed by atoms with Crippen molar-refractivity contribution in [2.75, 3.05) is 12.4 Å². The van der Waals surface area contributed by atoms with Crippen LogP contribution >= 0.6 is 0 Å². The molecule has 2 aromatic heterocycles. The summed E-state index contributed by atoms with van der Waals surface area (Å²) in [6.45, 7) is 1.60. The summed E-state index contributed by atoms with van der Waals surface area (Å²) in [6.07, 6.45) is 1.34. The number of benzene rings is 1. The normalized spacial score (nSPS) is 10.9. The van der Waals surface area contributed by atoms with E-state index in [0.29, 0.717) is 11.3 Å². The van der Waals surface area contributed by atoms with Gasteiger partial charge in [-0.2, -0.15) is 0 Å². The van der Waals surface area contributed by atoms with Crippen molar-refractivity contribution >= 4 is 28.7 Å². The Morgan fingerprint density at radius 1 is 1.18 bits per heavy atom. The van der Waals surface area contributed by atoms with Crippen molar-refractivity contribution in [3.8, 4) is 0 Å². The molecule has 10 heteroatoms. The Morgan fingerprint density at radius 2 is 1.89 bits per heavy atom. The van der Waals surface area contributed by atoms with Crippen LogP contribution in [0.25, 0.3) is 11.2 Å². The fourth-order valence-corrected chi connectivity index (χ4v) is 2.86. The molecule has 10 nitrogen and oxygen atoms in total. The Bertz CT molecular complexity index is 1220. The molecule has 0 unspecified atom stereocenters. The number of methoxy groups -OCH3 is 1. The van der Waals surface area contributed by atoms with Gasteiger partial charge in [-0.25, -0.2) is 14.6 Å². The number of fused-ring (bicyclic) bond motifs is 1. The van der Waals surface area contributed by atoms with Crippen LogP contribution in [0.5, 0.6) is 0 Å². The van der Waals surface area contributed by atoms with Gasteiger partial charge < -0.3 is 14.6 Å². The lowest BCUT2D eigenvalue weighted by Crippen LogP contribution is -2.37. The van der Waals surface area contributed by atoms with Gasteiger partial charge in [-0.05, 0) is 24.6 Å². The summed E-state index contributed by atoms with van der Waals surface area (Å²) in [5.41, 5.74) is 0.840. The molecule has 0 aliphatic rings. The van der Waals surface area contributed by atoms with Crippen LogP contribution in [0, 0.1) is 6.92 Å². The van der Waals surface area contributed by atoms with Gasteiger partial charge in [0.15, 0.2) is 11.2 Å². The van der Waals surface area contributed by atoms with E-state index in [1.165, 1.54) is 42.7 Å². The molecule has 0 saturated heterocycles. The standard InChI is InChI=1S/C18H19N5O5/c1-10-5-6-11(17(26)28-4)7-12(10)20-13(24)8-23-9-19-15-14(23)16(25)22(3)18(27)21(15)2/h5-7,9H,8H2,1-4H3,(H,20,24). The molecule has 0 saturated carbocycles. The van der Waals surface area contributed by atoms with Gasteiger partial charge in [0.05, 0.1) is 19.0 Å². The minimum atomic E-state index is -0.535. The van der Waals surface area contributed by atoms with Crippen molar-refractivity contribution in [1.29, 1.82) is 0 Å². The first kappa shape index (κ1) is 19.1. The average molecular weight is 385 g/mol. The molecule has 0 atom stereocenters. The Labute approximate surface area is 159 Å². The van der Waals surface area contributed by atoms with E-state index in [1.54, 1.807) is 19.1 Å². The van der Waals surface area contributed by atoms with Gasteiger partial charge in [-0.15, -0.1) is 0 Å². The van der Waals surface area contributed by atoms with Crippen LogP contribution < -0.4 is 16.6 Å². The number of hydrogen-bond acceptors (Lipinski definition) is 6. The monoisotopic (exact) mass is 385 g/mol. The summed E-state index contributed by atoms with van der Waals surface area (Å²) >= 11 is 0. The predicted octanol–water partition coefficient (Wildman–Crippen LogP) is 0.167. The Hall–Kier alpha value is -3.69.